The summed E-state index contributed by atoms with van der Waals surface area (Å²) in [6, 6.07) is 18.3. The Kier molecular flexibility index (Phi) is 10.6. The number of hydrogen-bond acceptors (Lipinski definition) is 9. The molecule has 0 aliphatic carbocycles. The van der Waals surface area contributed by atoms with Crippen LogP contribution in [0.2, 0.25) is 0 Å². The van der Waals surface area contributed by atoms with Crippen molar-refractivity contribution in [3.63, 3.8) is 0 Å². The fourth-order valence-electron chi connectivity index (χ4n) is 6.70. The van der Waals surface area contributed by atoms with E-state index in [1.54, 1.807) is 6.20 Å². The molecule has 0 amide bonds. The van der Waals surface area contributed by atoms with Crippen molar-refractivity contribution in [3.8, 4) is 22.9 Å². The average molecular weight is 635 g/mol. The second-order valence-electron chi connectivity index (χ2n) is 12.3. The number of nitrogens with one attached hydrogen (secondary N) is 1. The molecule has 2 aromatic heterocycles. The van der Waals surface area contributed by atoms with Gasteiger partial charge in [-0.3, -0.25) is 19.6 Å². The number of nitrogens with zero attached hydrogens (tertiary/aromatic N) is 5. The van der Waals surface area contributed by atoms with Crippen LogP contribution in [0.25, 0.3) is 22.0 Å². The molecular formula is C37H42N6O4. The highest BCUT2D eigenvalue weighted by Crippen LogP contribution is 2.36. The van der Waals surface area contributed by atoms with Gasteiger partial charge in [0, 0.05) is 61.3 Å². The number of rotatable bonds is 12. The van der Waals surface area contributed by atoms with Crippen LogP contribution in [0.4, 0.5) is 11.5 Å². The monoisotopic (exact) mass is 634 g/mol. The Bertz CT molecular complexity index is 1750. The Morgan fingerprint density at radius 3 is 2.77 bits per heavy atom. The minimum absolute atomic E-state index is 0.0519. The molecule has 2 fully saturated rings. The molecule has 0 spiro atoms. The molecule has 0 radical (unpaired) electrons. The molecule has 10 nitrogen and oxygen atoms in total. The number of aliphatic carboxylic acids is 1. The summed E-state index contributed by atoms with van der Waals surface area (Å²) in [7, 11) is 0. The molecule has 0 saturated carbocycles. The molecule has 6 rings (SSSR count). The minimum Gasteiger partial charge on any atom is -0.492 e. The molecule has 244 valence electrons. The smallest absolute Gasteiger partial charge is 0.304 e. The van der Waals surface area contributed by atoms with E-state index in [0.717, 1.165) is 104 Å². The number of likely N-dealkylation sites (tertiary alicyclic amines) is 1. The van der Waals surface area contributed by atoms with Gasteiger partial charge < -0.3 is 19.9 Å². The number of pyridine rings is 2. The van der Waals surface area contributed by atoms with Gasteiger partial charge in [0.25, 0.3) is 0 Å². The zero-order chi connectivity index (χ0) is 32.6. The number of carboxylic acid groups (broad SMARTS) is 1. The zero-order valence-corrected chi connectivity index (χ0v) is 27.0. The van der Waals surface area contributed by atoms with Gasteiger partial charge in [-0.2, -0.15) is 5.26 Å². The van der Waals surface area contributed by atoms with E-state index in [9.17, 15) is 15.2 Å². The molecule has 1 unspecified atom stereocenters. The van der Waals surface area contributed by atoms with Gasteiger partial charge in [-0.05, 0) is 73.7 Å². The van der Waals surface area contributed by atoms with Crippen LogP contribution >= 0.6 is 0 Å². The van der Waals surface area contributed by atoms with Crippen LogP contribution < -0.4 is 10.1 Å². The number of carboxylic acids is 1. The SMILES string of the molecule is Cc1c(Nc2nccc3cc(CN4CCCCC4CC(=O)O)cnc23)cccc1-c1cccc(OCCCN2CCOCC2)c1C#N. The highest BCUT2D eigenvalue weighted by Gasteiger charge is 2.25. The van der Waals surface area contributed by atoms with E-state index in [0.29, 0.717) is 30.3 Å². The summed E-state index contributed by atoms with van der Waals surface area (Å²) in [5, 5.41) is 24.0. The van der Waals surface area contributed by atoms with Crippen LogP contribution in [0.1, 0.15) is 48.8 Å². The number of morpholine rings is 1. The molecule has 47 heavy (non-hydrogen) atoms. The van der Waals surface area contributed by atoms with Crippen molar-refractivity contribution in [1.82, 2.24) is 19.8 Å². The molecule has 4 aromatic rings. The standard InChI is InChI=1S/C37H42N6O4/c1-26-30(31-9-5-11-34(32(31)23-38)47-18-6-14-42-16-19-46-20-17-42)8-4-10-33(26)41-37-36-28(12-13-39-37)21-27(24-40-36)25-43-15-3-2-7-29(43)22-35(44)45/h4-5,8-13,21,24,29H,2-3,6-7,14-20,22,25H2,1H3,(H,39,41)(H,44,45). The molecule has 2 aliphatic rings. The van der Waals surface area contributed by atoms with E-state index in [1.165, 1.54) is 0 Å². The number of fused-ring (bicyclic) bond motifs is 1. The lowest BCUT2D eigenvalue weighted by molar-refractivity contribution is -0.138. The number of benzene rings is 2. The van der Waals surface area contributed by atoms with Crippen molar-refractivity contribution in [1.29, 1.82) is 5.26 Å². The summed E-state index contributed by atoms with van der Waals surface area (Å²) >= 11 is 0. The summed E-state index contributed by atoms with van der Waals surface area (Å²) in [6.07, 6.45) is 7.75. The first-order valence-corrected chi connectivity index (χ1v) is 16.5. The number of anilines is 2. The highest BCUT2D eigenvalue weighted by atomic mass is 16.5. The van der Waals surface area contributed by atoms with Gasteiger partial charge >= 0.3 is 5.97 Å². The van der Waals surface area contributed by atoms with E-state index >= 15 is 0 Å². The Balaban J connectivity index is 1.18. The topological polar surface area (TPSA) is 124 Å². The number of hydrogen-bond donors (Lipinski definition) is 2. The summed E-state index contributed by atoms with van der Waals surface area (Å²) < 4.78 is 11.6. The number of ether oxygens (including phenoxy) is 2. The molecule has 10 heteroatoms. The van der Waals surface area contributed by atoms with Crippen molar-refractivity contribution in [2.45, 2.75) is 51.6 Å². The molecule has 4 heterocycles. The van der Waals surface area contributed by atoms with Gasteiger partial charge in [0.05, 0.1) is 26.2 Å². The van der Waals surface area contributed by atoms with Crippen molar-refractivity contribution in [2.75, 3.05) is 51.3 Å². The first-order valence-electron chi connectivity index (χ1n) is 16.5. The van der Waals surface area contributed by atoms with Crippen molar-refractivity contribution < 1.29 is 19.4 Å². The van der Waals surface area contributed by atoms with E-state index in [2.05, 4.69) is 32.2 Å². The Morgan fingerprint density at radius 2 is 1.94 bits per heavy atom. The maximum atomic E-state index is 11.4. The first kappa shape index (κ1) is 32.4. The molecule has 2 aromatic carbocycles. The van der Waals surface area contributed by atoms with E-state index in [1.807, 2.05) is 55.6 Å². The normalized spacial score (nSPS) is 17.3. The van der Waals surface area contributed by atoms with Crippen LogP contribution in [0.5, 0.6) is 5.75 Å². The Hall–Kier alpha value is -4.56. The molecule has 2 N–H and O–H groups in total. The van der Waals surface area contributed by atoms with Gasteiger partial charge in [0.15, 0.2) is 5.82 Å². The summed E-state index contributed by atoms with van der Waals surface area (Å²) in [5.74, 6) is 0.493. The number of nitriles is 1. The van der Waals surface area contributed by atoms with Crippen LogP contribution in [-0.2, 0) is 16.1 Å². The lowest BCUT2D eigenvalue weighted by atomic mass is 9.95. The van der Waals surface area contributed by atoms with E-state index in [-0.39, 0.29) is 12.5 Å². The maximum Gasteiger partial charge on any atom is 0.304 e. The third-order valence-electron chi connectivity index (χ3n) is 9.20. The lowest BCUT2D eigenvalue weighted by Gasteiger charge is -2.34. The summed E-state index contributed by atoms with van der Waals surface area (Å²) in [6.45, 7) is 8.54. The van der Waals surface area contributed by atoms with Gasteiger partial charge in [-0.25, -0.2) is 4.98 Å². The summed E-state index contributed by atoms with van der Waals surface area (Å²) in [4.78, 5) is 25.5. The van der Waals surface area contributed by atoms with E-state index in [4.69, 9.17) is 14.5 Å². The molecule has 0 bridgehead atoms. The number of aromatic nitrogens is 2. The highest BCUT2D eigenvalue weighted by molar-refractivity contribution is 5.91. The van der Waals surface area contributed by atoms with Crippen LogP contribution in [0.15, 0.2) is 60.9 Å². The lowest BCUT2D eigenvalue weighted by Crippen LogP contribution is -2.40. The second-order valence-corrected chi connectivity index (χ2v) is 12.3. The van der Waals surface area contributed by atoms with E-state index < -0.39 is 5.97 Å². The van der Waals surface area contributed by atoms with Crippen molar-refractivity contribution in [2.24, 2.45) is 0 Å². The van der Waals surface area contributed by atoms with Crippen molar-refractivity contribution in [3.05, 3.63) is 77.6 Å². The van der Waals surface area contributed by atoms with Crippen molar-refractivity contribution >= 4 is 28.4 Å². The second kappa shape index (κ2) is 15.4. The molecule has 2 aliphatic heterocycles. The third kappa shape index (κ3) is 7.88. The number of piperidine rings is 1. The van der Waals surface area contributed by atoms with Crippen LogP contribution in [0.3, 0.4) is 0 Å². The predicted molar refractivity (Wildman–Crippen MR) is 182 cm³/mol. The van der Waals surface area contributed by atoms with Crippen LogP contribution in [-0.4, -0.2) is 82.9 Å². The zero-order valence-electron chi connectivity index (χ0n) is 27.0. The summed E-state index contributed by atoms with van der Waals surface area (Å²) in [5.41, 5.74) is 5.96. The predicted octanol–water partition coefficient (Wildman–Crippen LogP) is 6.15. The third-order valence-corrected chi connectivity index (χ3v) is 9.20. The molecular weight excluding hydrogens is 592 g/mol. The number of carbonyl (C=O) groups is 1. The quantitative estimate of drug-likeness (QED) is 0.175. The Labute approximate surface area is 276 Å². The van der Waals surface area contributed by atoms with Crippen LogP contribution in [0, 0.1) is 18.3 Å². The Morgan fingerprint density at radius 1 is 1.11 bits per heavy atom. The fourth-order valence-corrected chi connectivity index (χ4v) is 6.70. The van der Waals surface area contributed by atoms with Gasteiger partial charge in [0.2, 0.25) is 0 Å². The molecule has 2 saturated heterocycles. The largest absolute Gasteiger partial charge is 0.492 e. The molecule has 1 atom stereocenters. The van der Waals surface area contributed by atoms with Gasteiger partial charge in [-0.15, -0.1) is 0 Å². The minimum atomic E-state index is -0.750. The first-order chi connectivity index (χ1) is 23.0. The van der Waals surface area contributed by atoms with Gasteiger partial charge in [-0.1, -0.05) is 30.7 Å². The average Bonchev–Trinajstić information content (AvgIpc) is 3.08. The fraction of sp³-hybridized carbons (Fsp3) is 0.405. The van der Waals surface area contributed by atoms with Gasteiger partial charge in [0.1, 0.15) is 22.9 Å². The maximum absolute atomic E-state index is 11.4.